The third-order valence-corrected chi connectivity index (χ3v) is 3.27. The minimum absolute atomic E-state index is 0.152. The highest BCUT2D eigenvalue weighted by Gasteiger charge is 2.12. The molecule has 0 saturated carbocycles. The van der Waals surface area contributed by atoms with Gasteiger partial charge in [-0.25, -0.2) is 0 Å². The molecule has 1 rings (SSSR count). The second-order valence-electron chi connectivity index (χ2n) is 3.41. The van der Waals surface area contributed by atoms with Crippen molar-refractivity contribution in [2.75, 3.05) is 11.3 Å². The molecule has 0 atom stereocenters. The molecule has 0 aliphatic heterocycles. The van der Waals surface area contributed by atoms with Crippen molar-refractivity contribution < 1.29 is 8.42 Å². The number of para-hydroxylation sites is 1. The second kappa shape index (κ2) is 5.95. The first kappa shape index (κ1) is 13.9. The van der Waals surface area contributed by atoms with Gasteiger partial charge in [-0.05, 0) is 18.6 Å². The summed E-state index contributed by atoms with van der Waals surface area (Å²) in [5.74, 6) is 0. The number of hydrogen-bond acceptors (Lipinski definition) is 3. The molecule has 7 heteroatoms. The van der Waals surface area contributed by atoms with Gasteiger partial charge in [0, 0.05) is 12.1 Å². The van der Waals surface area contributed by atoms with Crippen molar-refractivity contribution in [3.05, 3.63) is 29.8 Å². The third kappa shape index (κ3) is 4.29. The highest BCUT2D eigenvalue weighted by Crippen LogP contribution is 2.15. The van der Waals surface area contributed by atoms with Crippen molar-refractivity contribution in [3.8, 4) is 0 Å². The minimum Gasteiger partial charge on any atom is -0.389 e. The number of benzene rings is 1. The molecule has 0 aromatic heterocycles. The van der Waals surface area contributed by atoms with Gasteiger partial charge in [0.25, 0.3) is 10.2 Å². The standard InChI is InChI=1S/C10H15N3O2S2/c1-2-7-12-17(14,15)13-9-6-4-3-5-8(9)10(11)16/h3-6,12-13H,2,7H2,1H3,(H2,11,16). The van der Waals surface area contributed by atoms with Gasteiger partial charge in [0.1, 0.15) is 4.99 Å². The van der Waals surface area contributed by atoms with E-state index in [-0.39, 0.29) is 4.99 Å². The lowest BCUT2D eigenvalue weighted by Crippen LogP contribution is -2.31. The van der Waals surface area contributed by atoms with Crippen LogP contribution in [0.2, 0.25) is 0 Å². The van der Waals surface area contributed by atoms with Crippen LogP contribution in [-0.2, 0) is 10.2 Å². The van der Waals surface area contributed by atoms with E-state index in [1.807, 2.05) is 6.92 Å². The number of thiocarbonyl (C=S) groups is 1. The van der Waals surface area contributed by atoms with Crippen LogP contribution in [0.4, 0.5) is 5.69 Å². The molecule has 0 heterocycles. The van der Waals surface area contributed by atoms with Gasteiger partial charge < -0.3 is 5.73 Å². The van der Waals surface area contributed by atoms with Crippen molar-refractivity contribution in [1.29, 1.82) is 0 Å². The summed E-state index contributed by atoms with van der Waals surface area (Å²) < 4.78 is 28.1. The molecule has 0 radical (unpaired) electrons. The summed E-state index contributed by atoms with van der Waals surface area (Å²) >= 11 is 4.85. The highest BCUT2D eigenvalue weighted by molar-refractivity contribution is 7.90. The Morgan fingerprint density at radius 1 is 1.41 bits per heavy atom. The van der Waals surface area contributed by atoms with Crippen LogP contribution in [0, 0.1) is 0 Å². The maximum atomic E-state index is 11.6. The lowest BCUT2D eigenvalue weighted by Gasteiger charge is -2.11. The fraction of sp³-hybridized carbons (Fsp3) is 0.300. The van der Waals surface area contributed by atoms with Crippen molar-refractivity contribution in [3.63, 3.8) is 0 Å². The smallest absolute Gasteiger partial charge is 0.299 e. The first-order valence-electron chi connectivity index (χ1n) is 5.12. The zero-order valence-electron chi connectivity index (χ0n) is 9.43. The van der Waals surface area contributed by atoms with E-state index >= 15 is 0 Å². The predicted molar refractivity (Wildman–Crippen MR) is 73.2 cm³/mol. The van der Waals surface area contributed by atoms with Crippen LogP contribution in [0.5, 0.6) is 0 Å². The van der Waals surface area contributed by atoms with Crippen molar-refractivity contribution in [1.82, 2.24) is 4.72 Å². The summed E-state index contributed by atoms with van der Waals surface area (Å²) in [6.07, 6.45) is 0.720. The Balaban J connectivity index is 2.92. The van der Waals surface area contributed by atoms with Gasteiger partial charge in [0.05, 0.1) is 5.69 Å². The minimum atomic E-state index is -3.57. The molecule has 4 N–H and O–H groups in total. The van der Waals surface area contributed by atoms with Gasteiger partial charge in [-0.2, -0.15) is 13.1 Å². The number of anilines is 1. The van der Waals surface area contributed by atoms with Crippen molar-refractivity contribution in [2.24, 2.45) is 5.73 Å². The van der Waals surface area contributed by atoms with Gasteiger partial charge in [-0.3, -0.25) is 4.72 Å². The van der Waals surface area contributed by atoms with Crippen LogP contribution in [0.25, 0.3) is 0 Å². The Morgan fingerprint density at radius 3 is 2.65 bits per heavy atom. The van der Waals surface area contributed by atoms with Crippen LogP contribution in [0.15, 0.2) is 24.3 Å². The van der Waals surface area contributed by atoms with E-state index in [0.29, 0.717) is 17.8 Å². The Bertz CT molecular complexity index is 500. The third-order valence-electron chi connectivity index (χ3n) is 1.98. The van der Waals surface area contributed by atoms with Crippen LogP contribution in [-0.4, -0.2) is 20.0 Å². The molecule has 0 saturated heterocycles. The molecule has 0 spiro atoms. The molecule has 5 nitrogen and oxygen atoms in total. The number of rotatable bonds is 6. The largest absolute Gasteiger partial charge is 0.389 e. The fourth-order valence-electron chi connectivity index (χ4n) is 1.20. The van der Waals surface area contributed by atoms with Gasteiger partial charge in [-0.1, -0.05) is 31.3 Å². The summed E-state index contributed by atoms with van der Waals surface area (Å²) in [7, 11) is -3.57. The van der Waals surface area contributed by atoms with E-state index < -0.39 is 10.2 Å². The highest BCUT2D eigenvalue weighted by atomic mass is 32.2. The molecular weight excluding hydrogens is 258 g/mol. The summed E-state index contributed by atoms with van der Waals surface area (Å²) in [6, 6.07) is 6.73. The van der Waals surface area contributed by atoms with Gasteiger partial charge in [0.15, 0.2) is 0 Å². The fourth-order valence-corrected chi connectivity index (χ4v) is 2.39. The molecule has 1 aromatic rings. The Kier molecular flexibility index (Phi) is 4.86. The maximum Gasteiger partial charge on any atom is 0.299 e. The molecule has 0 aliphatic carbocycles. The molecule has 17 heavy (non-hydrogen) atoms. The number of nitrogens with two attached hydrogens (primary N) is 1. The predicted octanol–water partition coefficient (Wildman–Crippen LogP) is 0.977. The lowest BCUT2D eigenvalue weighted by atomic mass is 10.2. The second-order valence-corrected chi connectivity index (χ2v) is 5.35. The van der Waals surface area contributed by atoms with Crippen LogP contribution in [0.1, 0.15) is 18.9 Å². The molecule has 0 bridgehead atoms. The zero-order valence-corrected chi connectivity index (χ0v) is 11.1. The first-order chi connectivity index (χ1) is 7.96. The SMILES string of the molecule is CCCNS(=O)(=O)Nc1ccccc1C(N)=S. The van der Waals surface area contributed by atoms with Crippen LogP contribution in [0.3, 0.4) is 0 Å². The number of nitrogens with one attached hydrogen (secondary N) is 2. The van der Waals surface area contributed by atoms with E-state index in [1.165, 1.54) is 0 Å². The average molecular weight is 273 g/mol. The normalized spacial score (nSPS) is 11.1. The summed E-state index contributed by atoms with van der Waals surface area (Å²) in [5, 5.41) is 0. The lowest BCUT2D eigenvalue weighted by molar-refractivity contribution is 0.586. The zero-order chi connectivity index (χ0) is 12.9. The summed E-state index contributed by atoms with van der Waals surface area (Å²) in [4.78, 5) is 0.152. The molecule has 0 amide bonds. The van der Waals surface area contributed by atoms with Crippen LogP contribution < -0.4 is 15.2 Å². The summed E-state index contributed by atoms with van der Waals surface area (Å²) in [5.41, 5.74) is 6.39. The monoisotopic (exact) mass is 273 g/mol. The summed E-state index contributed by atoms with van der Waals surface area (Å²) in [6.45, 7) is 2.26. The number of hydrogen-bond donors (Lipinski definition) is 3. The van der Waals surface area contributed by atoms with E-state index in [4.69, 9.17) is 18.0 Å². The van der Waals surface area contributed by atoms with Gasteiger partial charge in [-0.15, -0.1) is 0 Å². The maximum absolute atomic E-state index is 11.6. The van der Waals surface area contributed by atoms with Crippen molar-refractivity contribution in [2.45, 2.75) is 13.3 Å². The van der Waals surface area contributed by atoms with E-state index in [2.05, 4.69) is 9.44 Å². The van der Waals surface area contributed by atoms with Gasteiger partial charge >= 0.3 is 0 Å². The van der Waals surface area contributed by atoms with Crippen molar-refractivity contribution >= 4 is 33.1 Å². The first-order valence-corrected chi connectivity index (χ1v) is 7.01. The van der Waals surface area contributed by atoms with E-state index in [0.717, 1.165) is 6.42 Å². The Hall–Kier alpha value is -1.18. The average Bonchev–Trinajstić information content (AvgIpc) is 2.26. The molecule has 0 aliphatic rings. The topological polar surface area (TPSA) is 84.2 Å². The Morgan fingerprint density at radius 2 is 2.06 bits per heavy atom. The Labute approximate surface area is 107 Å². The van der Waals surface area contributed by atoms with Gasteiger partial charge in [0.2, 0.25) is 0 Å². The van der Waals surface area contributed by atoms with E-state index in [1.54, 1.807) is 24.3 Å². The molecule has 0 fully saturated rings. The van der Waals surface area contributed by atoms with Crippen LogP contribution >= 0.6 is 12.2 Å². The molecular formula is C10H15N3O2S2. The molecule has 0 unspecified atom stereocenters. The van der Waals surface area contributed by atoms with E-state index in [9.17, 15) is 8.42 Å². The molecule has 1 aromatic carbocycles. The quantitative estimate of drug-likeness (QED) is 0.675. The molecule has 94 valence electrons.